The summed E-state index contributed by atoms with van der Waals surface area (Å²) in [6.45, 7) is 3.31. The number of benzene rings is 1. The third-order valence-corrected chi connectivity index (χ3v) is 4.64. The fourth-order valence-corrected chi connectivity index (χ4v) is 3.17. The zero-order valence-corrected chi connectivity index (χ0v) is 12.3. The molecule has 1 aliphatic carbocycles. The molecule has 0 radical (unpaired) electrons. The Morgan fingerprint density at radius 2 is 2.24 bits per heavy atom. The Bertz CT molecular complexity index is 519. The number of carbonyl (C=O) groups is 1. The van der Waals surface area contributed by atoms with Crippen molar-refractivity contribution < 1.29 is 18.7 Å². The van der Waals surface area contributed by atoms with Gasteiger partial charge in [0.25, 0.3) is 0 Å². The van der Waals surface area contributed by atoms with Gasteiger partial charge in [0.15, 0.2) is 0 Å². The smallest absolute Gasteiger partial charge is 0.306 e. The summed E-state index contributed by atoms with van der Waals surface area (Å²) in [7, 11) is 0. The Morgan fingerprint density at radius 3 is 2.86 bits per heavy atom. The summed E-state index contributed by atoms with van der Waals surface area (Å²) in [5.41, 5.74) is 0.284. The average Bonchev–Trinajstić information content (AvgIpc) is 3.02. The van der Waals surface area contributed by atoms with E-state index in [-0.39, 0.29) is 29.7 Å². The van der Waals surface area contributed by atoms with E-state index in [4.69, 9.17) is 9.47 Å². The summed E-state index contributed by atoms with van der Waals surface area (Å²) < 4.78 is 24.8. The quantitative estimate of drug-likeness (QED) is 0.780. The van der Waals surface area contributed by atoms with Gasteiger partial charge in [-0.1, -0.05) is 25.1 Å². The van der Waals surface area contributed by atoms with E-state index in [0.29, 0.717) is 18.1 Å². The zero-order valence-electron chi connectivity index (χ0n) is 12.3. The molecule has 21 heavy (non-hydrogen) atoms. The highest BCUT2D eigenvalue weighted by Gasteiger charge is 2.54. The maximum Gasteiger partial charge on any atom is 0.306 e. The molecule has 2 unspecified atom stereocenters. The van der Waals surface area contributed by atoms with Crippen LogP contribution in [-0.4, -0.2) is 24.8 Å². The van der Waals surface area contributed by atoms with Crippen LogP contribution >= 0.6 is 0 Å². The fourth-order valence-electron chi connectivity index (χ4n) is 3.17. The lowest BCUT2D eigenvalue weighted by atomic mass is 9.96. The highest BCUT2D eigenvalue weighted by Crippen LogP contribution is 2.49. The van der Waals surface area contributed by atoms with Gasteiger partial charge in [-0.25, -0.2) is 4.39 Å². The van der Waals surface area contributed by atoms with Gasteiger partial charge in [-0.2, -0.15) is 0 Å². The first-order valence-electron chi connectivity index (χ1n) is 7.65. The molecule has 3 rings (SSSR count). The summed E-state index contributed by atoms with van der Waals surface area (Å²) in [4.78, 5) is 12.2. The normalized spacial score (nSPS) is 24.6. The molecule has 2 aliphatic rings. The molecule has 1 saturated heterocycles. The van der Waals surface area contributed by atoms with Gasteiger partial charge in [-0.05, 0) is 36.8 Å². The second kappa shape index (κ2) is 5.76. The van der Waals surface area contributed by atoms with Crippen LogP contribution in [0.1, 0.15) is 44.1 Å². The molecule has 0 bridgehead atoms. The van der Waals surface area contributed by atoms with Crippen molar-refractivity contribution >= 4 is 5.97 Å². The molecule has 1 heterocycles. The SMILES string of the molecule is CC(CC(=O)OC1(C2CCOC2)CC1)c1ccccc1F. The van der Waals surface area contributed by atoms with Crippen molar-refractivity contribution in [3.63, 3.8) is 0 Å². The van der Waals surface area contributed by atoms with Crippen molar-refractivity contribution in [3.05, 3.63) is 35.6 Å². The van der Waals surface area contributed by atoms with Gasteiger partial charge in [0.1, 0.15) is 11.4 Å². The van der Waals surface area contributed by atoms with Crippen LogP contribution in [0, 0.1) is 11.7 Å². The van der Waals surface area contributed by atoms with Crippen LogP contribution in [0.5, 0.6) is 0 Å². The van der Waals surface area contributed by atoms with Gasteiger partial charge in [-0.3, -0.25) is 4.79 Å². The number of rotatable bonds is 5. The number of hydrogen-bond acceptors (Lipinski definition) is 3. The van der Waals surface area contributed by atoms with Crippen molar-refractivity contribution in [2.24, 2.45) is 5.92 Å². The monoisotopic (exact) mass is 292 g/mol. The van der Waals surface area contributed by atoms with E-state index in [1.165, 1.54) is 6.07 Å². The number of halogens is 1. The van der Waals surface area contributed by atoms with Gasteiger partial charge < -0.3 is 9.47 Å². The molecule has 0 N–H and O–H groups in total. The summed E-state index contributed by atoms with van der Waals surface area (Å²) >= 11 is 0. The molecular weight excluding hydrogens is 271 g/mol. The molecule has 1 aromatic rings. The molecule has 0 amide bonds. The predicted molar refractivity (Wildman–Crippen MR) is 76.4 cm³/mol. The van der Waals surface area contributed by atoms with Crippen molar-refractivity contribution in [3.8, 4) is 0 Å². The average molecular weight is 292 g/mol. The van der Waals surface area contributed by atoms with Gasteiger partial charge in [0.05, 0.1) is 13.0 Å². The number of esters is 1. The molecule has 114 valence electrons. The van der Waals surface area contributed by atoms with Crippen molar-refractivity contribution in [2.45, 2.75) is 44.1 Å². The van der Waals surface area contributed by atoms with E-state index < -0.39 is 0 Å². The maximum absolute atomic E-state index is 13.7. The lowest BCUT2D eigenvalue weighted by Crippen LogP contribution is -2.29. The first-order chi connectivity index (χ1) is 10.1. The van der Waals surface area contributed by atoms with Crippen molar-refractivity contribution in [2.75, 3.05) is 13.2 Å². The van der Waals surface area contributed by atoms with Gasteiger partial charge >= 0.3 is 5.97 Å². The minimum Gasteiger partial charge on any atom is -0.459 e. The van der Waals surface area contributed by atoms with Crippen LogP contribution in [0.2, 0.25) is 0 Å². The first-order valence-corrected chi connectivity index (χ1v) is 7.65. The highest BCUT2D eigenvalue weighted by molar-refractivity contribution is 5.71. The molecule has 2 atom stereocenters. The van der Waals surface area contributed by atoms with E-state index in [9.17, 15) is 9.18 Å². The fraction of sp³-hybridized carbons (Fsp3) is 0.588. The highest BCUT2D eigenvalue weighted by atomic mass is 19.1. The van der Waals surface area contributed by atoms with Crippen LogP contribution < -0.4 is 0 Å². The summed E-state index contributed by atoms with van der Waals surface area (Å²) in [5.74, 6) is -0.321. The van der Waals surface area contributed by atoms with Gasteiger partial charge in [0.2, 0.25) is 0 Å². The molecule has 4 heteroatoms. The van der Waals surface area contributed by atoms with Gasteiger partial charge in [-0.15, -0.1) is 0 Å². The predicted octanol–water partition coefficient (Wildman–Crippen LogP) is 3.43. The summed E-state index contributed by atoms with van der Waals surface area (Å²) in [6, 6.07) is 6.60. The van der Waals surface area contributed by atoms with Crippen LogP contribution in [0.25, 0.3) is 0 Å². The molecule has 1 saturated carbocycles. The third-order valence-electron chi connectivity index (χ3n) is 4.64. The summed E-state index contributed by atoms with van der Waals surface area (Å²) in [5, 5.41) is 0. The molecule has 2 fully saturated rings. The van der Waals surface area contributed by atoms with Crippen LogP contribution in [0.3, 0.4) is 0 Å². The Balaban J connectivity index is 1.58. The van der Waals surface area contributed by atoms with Crippen molar-refractivity contribution in [1.82, 2.24) is 0 Å². The lowest BCUT2D eigenvalue weighted by Gasteiger charge is -2.23. The Morgan fingerprint density at radius 1 is 1.48 bits per heavy atom. The molecule has 1 aliphatic heterocycles. The van der Waals surface area contributed by atoms with Crippen LogP contribution in [0.4, 0.5) is 4.39 Å². The minimum atomic E-state index is -0.289. The Hall–Kier alpha value is -1.42. The topological polar surface area (TPSA) is 35.5 Å². The number of hydrogen-bond donors (Lipinski definition) is 0. The van der Waals surface area contributed by atoms with Gasteiger partial charge in [0, 0.05) is 12.5 Å². The standard InChI is InChI=1S/C17H21FO3/c1-12(14-4-2-3-5-15(14)18)10-16(19)21-17(7-8-17)13-6-9-20-11-13/h2-5,12-13H,6-11H2,1H3. The van der Waals surface area contributed by atoms with E-state index in [1.54, 1.807) is 18.2 Å². The van der Waals surface area contributed by atoms with E-state index >= 15 is 0 Å². The third kappa shape index (κ3) is 3.10. The van der Waals surface area contributed by atoms with Crippen LogP contribution in [0.15, 0.2) is 24.3 Å². The Labute approximate surface area is 124 Å². The molecule has 1 aromatic carbocycles. The maximum atomic E-state index is 13.7. The zero-order chi connectivity index (χ0) is 14.9. The van der Waals surface area contributed by atoms with E-state index in [0.717, 1.165) is 25.9 Å². The molecule has 0 spiro atoms. The minimum absolute atomic E-state index is 0.172. The molecule has 3 nitrogen and oxygen atoms in total. The van der Waals surface area contributed by atoms with E-state index in [2.05, 4.69) is 0 Å². The van der Waals surface area contributed by atoms with Crippen molar-refractivity contribution in [1.29, 1.82) is 0 Å². The second-order valence-electron chi connectivity index (χ2n) is 6.23. The number of ether oxygens (including phenoxy) is 2. The summed E-state index contributed by atoms with van der Waals surface area (Å²) in [6.07, 6.45) is 3.05. The largest absolute Gasteiger partial charge is 0.459 e. The first kappa shape index (κ1) is 14.5. The Kier molecular flexibility index (Phi) is 3.98. The molecular formula is C17H21FO3. The molecule has 0 aromatic heterocycles. The van der Waals surface area contributed by atoms with Crippen LogP contribution in [-0.2, 0) is 14.3 Å². The van der Waals surface area contributed by atoms with E-state index in [1.807, 2.05) is 6.92 Å². The number of carbonyl (C=O) groups excluding carboxylic acids is 1. The second-order valence-corrected chi connectivity index (χ2v) is 6.23. The lowest BCUT2D eigenvalue weighted by molar-refractivity contribution is -0.155.